The first-order chi connectivity index (χ1) is 6.96. The summed E-state index contributed by atoms with van der Waals surface area (Å²) in [6, 6.07) is 0. The van der Waals surface area contributed by atoms with E-state index in [2.05, 4.69) is 20.8 Å². The molecule has 0 saturated carbocycles. The van der Waals surface area contributed by atoms with Gasteiger partial charge in [-0.05, 0) is 40.0 Å². The molecule has 2 N–H and O–H groups in total. The molecule has 90 valence electrons. The number of hydrogen-bond donors (Lipinski definition) is 1. The summed E-state index contributed by atoms with van der Waals surface area (Å²) in [5, 5.41) is 0. The minimum Gasteiger partial charge on any atom is -0.379 e. The van der Waals surface area contributed by atoms with Crippen molar-refractivity contribution in [1.82, 2.24) is 0 Å². The largest absolute Gasteiger partial charge is 0.379 e. The van der Waals surface area contributed by atoms with Crippen LogP contribution in [-0.4, -0.2) is 32.0 Å². The lowest BCUT2D eigenvalue weighted by atomic mass is 9.75. The van der Waals surface area contributed by atoms with Gasteiger partial charge < -0.3 is 15.2 Å². The summed E-state index contributed by atoms with van der Waals surface area (Å²) >= 11 is 0. The van der Waals surface area contributed by atoms with Crippen LogP contribution in [0.4, 0.5) is 0 Å². The topological polar surface area (TPSA) is 44.5 Å². The van der Waals surface area contributed by atoms with E-state index in [4.69, 9.17) is 15.2 Å². The van der Waals surface area contributed by atoms with E-state index in [1.807, 2.05) is 0 Å². The van der Waals surface area contributed by atoms with Gasteiger partial charge in [-0.15, -0.1) is 0 Å². The van der Waals surface area contributed by atoms with Gasteiger partial charge in [-0.2, -0.15) is 0 Å². The van der Waals surface area contributed by atoms with Crippen LogP contribution in [0.3, 0.4) is 0 Å². The SMILES string of the molecule is COC(C)(C)CCC1(CN)CCOC1C. The van der Waals surface area contributed by atoms with E-state index < -0.39 is 0 Å². The van der Waals surface area contributed by atoms with E-state index in [1.54, 1.807) is 7.11 Å². The minimum absolute atomic E-state index is 0.0511. The summed E-state index contributed by atoms with van der Waals surface area (Å²) in [4.78, 5) is 0. The highest BCUT2D eigenvalue weighted by molar-refractivity contribution is 4.91. The van der Waals surface area contributed by atoms with Gasteiger partial charge in [-0.3, -0.25) is 0 Å². The van der Waals surface area contributed by atoms with Crippen LogP contribution in [0.15, 0.2) is 0 Å². The molecular weight excluding hydrogens is 190 g/mol. The second-order valence-electron chi connectivity index (χ2n) is 5.29. The molecule has 0 radical (unpaired) electrons. The molecule has 1 aliphatic rings. The monoisotopic (exact) mass is 215 g/mol. The highest BCUT2D eigenvalue weighted by Crippen LogP contribution is 2.39. The van der Waals surface area contributed by atoms with Gasteiger partial charge in [0.05, 0.1) is 11.7 Å². The van der Waals surface area contributed by atoms with Crippen molar-refractivity contribution in [3.8, 4) is 0 Å². The molecule has 0 spiro atoms. The molecule has 2 atom stereocenters. The van der Waals surface area contributed by atoms with Gasteiger partial charge in [0.2, 0.25) is 0 Å². The number of methoxy groups -OCH3 is 1. The van der Waals surface area contributed by atoms with Crippen molar-refractivity contribution in [2.75, 3.05) is 20.3 Å². The Morgan fingerprint density at radius 3 is 2.60 bits per heavy atom. The molecule has 1 saturated heterocycles. The molecule has 0 aromatic carbocycles. The van der Waals surface area contributed by atoms with E-state index in [0.29, 0.717) is 6.54 Å². The van der Waals surface area contributed by atoms with Gasteiger partial charge in [0.1, 0.15) is 0 Å². The van der Waals surface area contributed by atoms with Gasteiger partial charge in [-0.1, -0.05) is 0 Å². The zero-order chi connectivity index (χ0) is 11.5. The summed E-state index contributed by atoms with van der Waals surface area (Å²) in [6.45, 7) is 7.95. The third kappa shape index (κ3) is 2.92. The van der Waals surface area contributed by atoms with Gasteiger partial charge in [0, 0.05) is 25.7 Å². The van der Waals surface area contributed by atoms with Crippen molar-refractivity contribution in [3.05, 3.63) is 0 Å². The molecule has 1 fully saturated rings. The molecule has 1 heterocycles. The maximum absolute atomic E-state index is 5.91. The van der Waals surface area contributed by atoms with E-state index in [0.717, 1.165) is 25.9 Å². The van der Waals surface area contributed by atoms with Crippen molar-refractivity contribution < 1.29 is 9.47 Å². The maximum atomic E-state index is 5.91. The lowest BCUT2D eigenvalue weighted by Gasteiger charge is -2.34. The molecule has 0 aromatic rings. The van der Waals surface area contributed by atoms with Crippen LogP contribution in [-0.2, 0) is 9.47 Å². The van der Waals surface area contributed by atoms with Crippen LogP contribution in [0.2, 0.25) is 0 Å². The van der Waals surface area contributed by atoms with Crippen molar-refractivity contribution in [3.63, 3.8) is 0 Å². The summed E-state index contributed by atoms with van der Waals surface area (Å²) in [5.74, 6) is 0. The van der Waals surface area contributed by atoms with E-state index in [9.17, 15) is 0 Å². The molecule has 1 aliphatic heterocycles. The second kappa shape index (κ2) is 4.81. The number of hydrogen-bond acceptors (Lipinski definition) is 3. The summed E-state index contributed by atoms with van der Waals surface area (Å²) in [6.07, 6.45) is 3.50. The van der Waals surface area contributed by atoms with Crippen LogP contribution in [0.5, 0.6) is 0 Å². The highest BCUT2D eigenvalue weighted by atomic mass is 16.5. The molecule has 3 heteroatoms. The summed E-state index contributed by atoms with van der Waals surface area (Å²) in [5.41, 5.74) is 6.03. The Bertz CT molecular complexity index is 206. The molecule has 0 aliphatic carbocycles. The average molecular weight is 215 g/mol. The van der Waals surface area contributed by atoms with Crippen LogP contribution in [0, 0.1) is 5.41 Å². The third-order valence-corrected chi connectivity index (χ3v) is 4.01. The molecule has 2 unspecified atom stereocenters. The number of nitrogens with two attached hydrogens (primary N) is 1. The van der Waals surface area contributed by atoms with Crippen molar-refractivity contribution in [1.29, 1.82) is 0 Å². The lowest BCUT2D eigenvalue weighted by Crippen LogP contribution is -2.38. The van der Waals surface area contributed by atoms with Crippen molar-refractivity contribution in [2.24, 2.45) is 11.1 Å². The fourth-order valence-corrected chi connectivity index (χ4v) is 2.17. The first-order valence-electron chi connectivity index (χ1n) is 5.83. The fraction of sp³-hybridized carbons (Fsp3) is 1.00. The van der Waals surface area contributed by atoms with Crippen LogP contribution >= 0.6 is 0 Å². The zero-order valence-electron chi connectivity index (χ0n) is 10.5. The maximum Gasteiger partial charge on any atom is 0.0623 e. The molecule has 0 amide bonds. The van der Waals surface area contributed by atoms with Gasteiger partial charge in [0.25, 0.3) is 0 Å². The predicted octanol–water partition coefficient (Wildman–Crippen LogP) is 1.95. The number of rotatable bonds is 5. The quantitative estimate of drug-likeness (QED) is 0.762. The number of ether oxygens (including phenoxy) is 2. The van der Waals surface area contributed by atoms with Crippen LogP contribution in [0.25, 0.3) is 0 Å². The molecule has 3 nitrogen and oxygen atoms in total. The molecule has 0 aromatic heterocycles. The van der Waals surface area contributed by atoms with E-state index >= 15 is 0 Å². The molecular formula is C12H25NO2. The normalized spacial score (nSPS) is 32.2. The lowest BCUT2D eigenvalue weighted by molar-refractivity contribution is -0.00587. The Labute approximate surface area is 93.3 Å². The first-order valence-corrected chi connectivity index (χ1v) is 5.83. The first kappa shape index (κ1) is 12.9. The smallest absolute Gasteiger partial charge is 0.0623 e. The Morgan fingerprint density at radius 2 is 2.20 bits per heavy atom. The van der Waals surface area contributed by atoms with E-state index in [1.165, 1.54) is 0 Å². The van der Waals surface area contributed by atoms with Gasteiger partial charge >= 0.3 is 0 Å². The second-order valence-corrected chi connectivity index (χ2v) is 5.29. The Hall–Kier alpha value is -0.120. The Morgan fingerprint density at radius 1 is 1.53 bits per heavy atom. The predicted molar refractivity (Wildman–Crippen MR) is 61.8 cm³/mol. The van der Waals surface area contributed by atoms with Gasteiger partial charge in [-0.25, -0.2) is 0 Å². The molecule has 0 bridgehead atoms. The molecule has 1 rings (SSSR count). The van der Waals surface area contributed by atoms with Crippen LogP contribution in [0.1, 0.15) is 40.0 Å². The average Bonchev–Trinajstić information content (AvgIpc) is 2.58. The van der Waals surface area contributed by atoms with E-state index in [-0.39, 0.29) is 17.1 Å². The fourth-order valence-electron chi connectivity index (χ4n) is 2.17. The van der Waals surface area contributed by atoms with Crippen molar-refractivity contribution >= 4 is 0 Å². The minimum atomic E-state index is -0.0511. The summed E-state index contributed by atoms with van der Waals surface area (Å²) in [7, 11) is 1.77. The Balaban J connectivity index is 2.54. The standard InChI is InChI=1S/C12H25NO2/c1-10-12(9-13,7-8-15-10)6-5-11(2,3)14-4/h10H,5-9,13H2,1-4H3. The van der Waals surface area contributed by atoms with Crippen molar-refractivity contribution in [2.45, 2.75) is 51.7 Å². The Kier molecular flexibility index (Phi) is 4.15. The molecule has 15 heavy (non-hydrogen) atoms. The highest BCUT2D eigenvalue weighted by Gasteiger charge is 2.40. The van der Waals surface area contributed by atoms with Gasteiger partial charge in [0.15, 0.2) is 0 Å². The third-order valence-electron chi connectivity index (χ3n) is 4.01. The van der Waals surface area contributed by atoms with Crippen LogP contribution < -0.4 is 5.73 Å². The zero-order valence-corrected chi connectivity index (χ0v) is 10.5. The summed E-state index contributed by atoms with van der Waals surface area (Å²) < 4.78 is 11.1.